The normalized spacial score (nSPS) is 15.8. The van der Waals surface area contributed by atoms with Crippen LogP contribution in [0, 0.1) is 10.1 Å². The molecule has 0 radical (unpaired) electrons. The first-order valence-electron chi connectivity index (χ1n) is 10.1. The molecular weight excluding hydrogens is 382 g/mol. The van der Waals surface area contributed by atoms with Crippen molar-refractivity contribution in [3.8, 4) is 0 Å². The highest BCUT2D eigenvalue weighted by Gasteiger charge is 2.21. The lowest BCUT2D eigenvalue weighted by atomic mass is 10.1. The predicted octanol–water partition coefficient (Wildman–Crippen LogP) is 2.14. The number of rotatable bonds is 8. The Morgan fingerprint density at radius 2 is 1.80 bits per heavy atom. The van der Waals surface area contributed by atoms with Gasteiger partial charge in [0.15, 0.2) is 0 Å². The largest absolute Gasteiger partial charge is 0.369 e. The number of nitro groups is 1. The van der Waals surface area contributed by atoms with E-state index in [1.165, 1.54) is 11.6 Å². The van der Waals surface area contributed by atoms with Crippen molar-refractivity contribution in [2.45, 2.75) is 6.04 Å². The van der Waals surface area contributed by atoms with E-state index < -0.39 is 0 Å². The van der Waals surface area contributed by atoms with Crippen LogP contribution in [0.5, 0.6) is 0 Å². The van der Waals surface area contributed by atoms with Gasteiger partial charge in [-0.1, -0.05) is 36.4 Å². The van der Waals surface area contributed by atoms with Gasteiger partial charge in [0.2, 0.25) is 5.91 Å². The number of hydrogen-bond donors (Lipinski definition) is 1. The van der Waals surface area contributed by atoms with Gasteiger partial charge in [-0.3, -0.25) is 19.8 Å². The summed E-state index contributed by atoms with van der Waals surface area (Å²) in [6.07, 6.45) is 0. The zero-order valence-corrected chi connectivity index (χ0v) is 17.5. The minimum absolute atomic E-state index is 0.0154. The summed E-state index contributed by atoms with van der Waals surface area (Å²) >= 11 is 0. The summed E-state index contributed by atoms with van der Waals surface area (Å²) in [6, 6.07) is 17.0. The van der Waals surface area contributed by atoms with Crippen LogP contribution in [-0.2, 0) is 4.79 Å². The van der Waals surface area contributed by atoms with Gasteiger partial charge in [-0.2, -0.15) is 0 Å². The SMILES string of the molecule is CN(C)[C@@H](CNC(=O)CN1CCN(c2cccc([N+](=O)[O-])c2)CC1)c1ccccc1. The van der Waals surface area contributed by atoms with E-state index in [2.05, 4.69) is 32.1 Å². The molecule has 1 amide bonds. The fourth-order valence-electron chi connectivity index (χ4n) is 3.71. The third-order valence-electron chi connectivity index (χ3n) is 5.45. The molecule has 1 heterocycles. The lowest BCUT2D eigenvalue weighted by Crippen LogP contribution is -2.50. The average molecular weight is 412 g/mol. The van der Waals surface area contributed by atoms with Crippen molar-refractivity contribution in [2.75, 3.05) is 58.3 Å². The molecule has 1 fully saturated rings. The molecule has 8 heteroatoms. The molecule has 0 aromatic heterocycles. The number of anilines is 1. The van der Waals surface area contributed by atoms with Crippen LogP contribution in [-0.4, -0.2) is 74.0 Å². The van der Waals surface area contributed by atoms with Gasteiger partial charge in [0.25, 0.3) is 5.69 Å². The van der Waals surface area contributed by atoms with E-state index in [4.69, 9.17) is 0 Å². The number of hydrogen-bond acceptors (Lipinski definition) is 6. The molecule has 1 saturated heterocycles. The average Bonchev–Trinajstić information content (AvgIpc) is 2.75. The zero-order chi connectivity index (χ0) is 21.5. The van der Waals surface area contributed by atoms with Crippen LogP contribution in [0.1, 0.15) is 11.6 Å². The Balaban J connectivity index is 1.47. The van der Waals surface area contributed by atoms with Crippen LogP contribution in [0.3, 0.4) is 0 Å². The maximum atomic E-state index is 12.5. The molecule has 30 heavy (non-hydrogen) atoms. The Morgan fingerprint density at radius 3 is 2.43 bits per heavy atom. The van der Waals surface area contributed by atoms with E-state index in [1.807, 2.05) is 38.4 Å². The second kappa shape index (κ2) is 10.2. The molecule has 1 N–H and O–H groups in total. The molecule has 0 saturated carbocycles. The van der Waals surface area contributed by atoms with Gasteiger partial charge in [0.1, 0.15) is 0 Å². The third kappa shape index (κ3) is 5.77. The van der Waals surface area contributed by atoms with Crippen LogP contribution in [0.4, 0.5) is 11.4 Å². The highest BCUT2D eigenvalue weighted by molar-refractivity contribution is 5.78. The van der Waals surface area contributed by atoms with Crippen LogP contribution in [0.15, 0.2) is 54.6 Å². The zero-order valence-electron chi connectivity index (χ0n) is 17.5. The number of carbonyl (C=O) groups is 1. The van der Waals surface area contributed by atoms with Crippen LogP contribution < -0.4 is 10.2 Å². The second-order valence-electron chi connectivity index (χ2n) is 7.73. The molecule has 1 aliphatic rings. The van der Waals surface area contributed by atoms with Gasteiger partial charge in [-0.15, -0.1) is 0 Å². The van der Waals surface area contributed by atoms with Gasteiger partial charge in [-0.25, -0.2) is 0 Å². The molecule has 2 aromatic rings. The minimum Gasteiger partial charge on any atom is -0.369 e. The summed E-state index contributed by atoms with van der Waals surface area (Å²) in [5.41, 5.74) is 2.13. The number of benzene rings is 2. The number of likely N-dealkylation sites (N-methyl/N-ethyl adjacent to an activating group) is 1. The van der Waals surface area contributed by atoms with Crippen molar-refractivity contribution in [1.82, 2.24) is 15.1 Å². The first-order valence-corrected chi connectivity index (χ1v) is 10.1. The van der Waals surface area contributed by atoms with Crippen molar-refractivity contribution >= 4 is 17.3 Å². The van der Waals surface area contributed by atoms with Gasteiger partial charge in [-0.05, 0) is 25.7 Å². The van der Waals surface area contributed by atoms with Crippen molar-refractivity contribution in [3.05, 3.63) is 70.3 Å². The predicted molar refractivity (Wildman–Crippen MR) is 118 cm³/mol. The molecule has 0 aliphatic carbocycles. The van der Waals surface area contributed by atoms with Crippen LogP contribution in [0.25, 0.3) is 0 Å². The summed E-state index contributed by atoms with van der Waals surface area (Å²) < 4.78 is 0. The van der Waals surface area contributed by atoms with E-state index in [1.54, 1.807) is 12.1 Å². The van der Waals surface area contributed by atoms with E-state index in [-0.39, 0.29) is 22.6 Å². The summed E-state index contributed by atoms with van der Waals surface area (Å²) in [4.78, 5) is 29.4. The number of nitrogens with zero attached hydrogens (tertiary/aromatic N) is 4. The number of nitro benzene ring substituents is 1. The maximum Gasteiger partial charge on any atom is 0.271 e. The first-order chi connectivity index (χ1) is 14.4. The van der Waals surface area contributed by atoms with Crippen LogP contribution >= 0.6 is 0 Å². The van der Waals surface area contributed by atoms with E-state index in [0.29, 0.717) is 13.1 Å². The fraction of sp³-hybridized carbons (Fsp3) is 0.409. The first kappa shape index (κ1) is 21.7. The molecule has 1 atom stereocenters. The number of piperazine rings is 1. The lowest BCUT2D eigenvalue weighted by molar-refractivity contribution is -0.384. The Kier molecular flexibility index (Phi) is 7.37. The highest BCUT2D eigenvalue weighted by Crippen LogP contribution is 2.22. The number of nitrogens with one attached hydrogen (secondary N) is 1. The summed E-state index contributed by atoms with van der Waals surface area (Å²) in [6.45, 7) is 3.87. The van der Waals surface area contributed by atoms with E-state index in [9.17, 15) is 14.9 Å². The standard InChI is InChI=1S/C22H29N5O3/c1-24(2)21(18-7-4-3-5-8-18)16-23-22(28)17-25-11-13-26(14-12-25)19-9-6-10-20(15-19)27(29)30/h3-10,15,21H,11-14,16-17H2,1-2H3,(H,23,28)/t21-/m0/s1. The van der Waals surface area contributed by atoms with Crippen molar-refractivity contribution in [3.63, 3.8) is 0 Å². The summed E-state index contributed by atoms with van der Waals surface area (Å²) in [5, 5.41) is 14.0. The number of carbonyl (C=O) groups excluding carboxylic acids is 1. The molecule has 1 aliphatic heterocycles. The van der Waals surface area contributed by atoms with Gasteiger partial charge < -0.3 is 15.1 Å². The quantitative estimate of drug-likeness (QED) is 0.529. The Morgan fingerprint density at radius 1 is 1.10 bits per heavy atom. The maximum absolute atomic E-state index is 12.5. The molecular formula is C22H29N5O3. The van der Waals surface area contributed by atoms with Crippen molar-refractivity contribution < 1.29 is 9.72 Å². The Labute approximate surface area is 177 Å². The van der Waals surface area contributed by atoms with Crippen LogP contribution in [0.2, 0.25) is 0 Å². The number of non-ortho nitro benzene ring substituents is 1. The molecule has 160 valence electrons. The Hall–Kier alpha value is -2.97. The van der Waals surface area contributed by atoms with Gasteiger partial charge in [0, 0.05) is 50.5 Å². The Bertz CT molecular complexity index is 851. The topological polar surface area (TPSA) is 82.0 Å². The monoisotopic (exact) mass is 411 g/mol. The molecule has 8 nitrogen and oxygen atoms in total. The molecule has 0 spiro atoms. The fourth-order valence-corrected chi connectivity index (χ4v) is 3.71. The third-order valence-corrected chi connectivity index (χ3v) is 5.45. The van der Waals surface area contributed by atoms with Gasteiger partial charge >= 0.3 is 0 Å². The lowest BCUT2D eigenvalue weighted by Gasteiger charge is -2.35. The smallest absolute Gasteiger partial charge is 0.271 e. The van der Waals surface area contributed by atoms with Crippen molar-refractivity contribution in [2.24, 2.45) is 0 Å². The molecule has 0 bridgehead atoms. The molecule has 2 aromatic carbocycles. The second-order valence-corrected chi connectivity index (χ2v) is 7.73. The molecule has 3 rings (SSSR count). The van der Waals surface area contributed by atoms with E-state index in [0.717, 1.165) is 31.9 Å². The molecule has 0 unspecified atom stereocenters. The van der Waals surface area contributed by atoms with Gasteiger partial charge in [0.05, 0.1) is 17.5 Å². The summed E-state index contributed by atoms with van der Waals surface area (Å²) in [7, 11) is 4.02. The minimum atomic E-state index is -0.374. The van der Waals surface area contributed by atoms with E-state index >= 15 is 0 Å². The highest BCUT2D eigenvalue weighted by atomic mass is 16.6. The van der Waals surface area contributed by atoms with Crippen molar-refractivity contribution in [1.29, 1.82) is 0 Å². The number of amides is 1. The summed E-state index contributed by atoms with van der Waals surface area (Å²) in [5.74, 6) is 0.0154.